The average Bonchev–Trinajstić information content (AvgIpc) is 2.63. The van der Waals surface area contributed by atoms with E-state index in [1.807, 2.05) is 0 Å². The zero-order valence-electron chi connectivity index (χ0n) is 9.09. The van der Waals surface area contributed by atoms with Gasteiger partial charge in [0.05, 0.1) is 0 Å². The van der Waals surface area contributed by atoms with Gasteiger partial charge < -0.3 is 5.32 Å². The number of rotatable bonds is 2. The van der Waals surface area contributed by atoms with Crippen molar-refractivity contribution in [3.8, 4) is 0 Å². The molecule has 1 fully saturated rings. The molecule has 1 N–H and O–H groups in total. The van der Waals surface area contributed by atoms with Gasteiger partial charge in [0, 0.05) is 6.04 Å². The fourth-order valence-electron chi connectivity index (χ4n) is 2.59. The molecule has 2 atom stereocenters. The first-order chi connectivity index (χ1) is 6.74. The third-order valence-electron chi connectivity index (χ3n) is 3.62. The Morgan fingerprint density at radius 3 is 2.57 bits per heavy atom. The van der Waals surface area contributed by atoms with Crippen LogP contribution in [0.2, 0.25) is 0 Å². The van der Waals surface area contributed by atoms with Gasteiger partial charge in [0.25, 0.3) is 0 Å². The van der Waals surface area contributed by atoms with Crippen LogP contribution in [0.4, 0.5) is 0 Å². The lowest BCUT2D eigenvalue weighted by atomic mass is 9.81. The van der Waals surface area contributed by atoms with E-state index in [4.69, 9.17) is 0 Å². The Hall–Kier alpha value is -0.820. The Labute approximate surface area is 86.5 Å². The van der Waals surface area contributed by atoms with Crippen molar-refractivity contribution in [1.29, 1.82) is 0 Å². The molecule has 2 rings (SSSR count). The van der Waals surface area contributed by atoms with E-state index in [0.29, 0.717) is 11.5 Å². The summed E-state index contributed by atoms with van der Waals surface area (Å²) in [5.41, 5.74) is 1.90. The highest BCUT2D eigenvalue weighted by Crippen LogP contribution is 2.40. The highest BCUT2D eigenvalue weighted by Gasteiger charge is 2.35. The Bertz CT molecular complexity index is 293. The fraction of sp³-hybridized carbons (Fsp3) is 0.538. The van der Waals surface area contributed by atoms with E-state index in [2.05, 4.69) is 49.6 Å². The van der Waals surface area contributed by atoms with E-state index >= 15 is 0 Å². The van der Waals surface area contributed by atoms with Gasteiger partial charge >= 0.3 is 0 Å². The molecule has 1 nitrogen and oxygen atoms in total. The SMILES string of the molecule is CNC1CCC(C)(c2ccccc2)C1. The van der Waals surface area contributed by atoms with Gasteiger partial charge in [-0.3, -0.25) is 0 Å². The van der Waals surface area contributed by atoms with Crippen molar-refractivity contribution in [2.45, 2.75) is 37.6 Å². The Balaban J connectivity index is 2.19. The van der Waals surface area contributed by atoms with Crippen LogP contribution in [0.25, 0.3) is 0 Å². The molecule has 76 valence electrons. The fourth-order valence-corrected chi connectivity index (χ4v) is 2.59. The molecule has 1 aromatic rings. The van der Waals surface area contributed by atoms with Crippen molar-refractivity contribution in [3.63, 3.8) is 0 Å². The van der Waals surface area contributed by atoms with Crippen LogP contribution >= 0.6 is 0 Å². The van der Waals surface area contributed by atoms with Crippen LogP contribution in [-0.2, 0) is 5.41 Å². The second-order valence-electron chi connectivity index (χ2n) is 4.66. The summed E-state index contributed by atoms with van der Waals surface area (Å²) in [4.78, 5) is 0. The maximum absolute atomic E-state index is 3.39. The minimum absolute atomic E-state index is 0.398. The van der Waals surface area contributed by atoms with Crippen LogP contribution in [0, 0.1) is 0 Å². The van der Waals surface area contributed by atoms with E-state index in [1.54, 1.807) is 0 Å². The summed E-state index contributed by atoms with van der Waals surface area (Å²) in [7, 11) is 2.07. The standard InChI is InChI=1S/C13H19N/c1-13(9-8-12(10-13)14-2)11-6-4-3-5-7-11/h3-7,12,14H,8-10H2,1-2H3. The van der Waals surface area contributed by atoms with Crippen LogP contribution in [0.1, 0.15) is 31.7 Å². The lowest BCUT2D eigenvalue weighted by Crippen LogP contribution is -2.25. The summed E-state index contributed by atoms with van der Waals surface area (Å²) in [6.45, 7) is 2.39. The Kier molecular flexibility index (Phi) is 2.60. The van der Waals surface area contributed by atoms with Crippen LogP contribution in [0.15, 0.2) is 30.3 Å². The maximum atomic E-state index is 3.39. The summed E-state index contributed by atoms with van der Waals surface area (Å²) in [6.07, 6.45) is 3.89. The maximum Gasteiger partial charge on any atom is 0.00727 e. The molecule has 1 heteroatoms. The average molecular weight is 189 g/mol. The molecular formula is C13H19N. The van der Waals surface area contributed by atoms with Crippen molar-refractivity contribution >= 4 is 0 Å². The molecule has 1 saturated carbocycles. The molecule has 1 aliphatic rings. The molecule has 14 heavy (non-hydrogen) atoms. The molecule has 0 heterocycles. The van der Waals surface area contributed by atoms with E-state index < -0.39 is 0 Å². The van der Waals surface area contributed by atoms with Crippen molar-refractivity contribution in [2.75, 3.05) is 7.05 Å². The van der Waals surface area contributed by atoms with Crippen LogP contribution in [-0.4, -0.2) is 13.1 Å². The number of hydrogen-bond acceptors (Lipinski definition) is 1. The van der Waals surface area contributed by atoms with Crippen LogP contribution < -0.4 is 5.32 Å². The zero-order chi connectivity index (χ0) is 10.0. The van der Waals surface area contributed by atoms with Crippen molar-refractivity contribution < 1.29 is 0 Å². The predicted octanol–water partition coefficient (Wildman–Crippen LogP) is 2.72. The highest BCUT2D eigenvalue weighted by molar-refractivity contribution is 5.26. The Morgan fingerprint density at radius 1 is 1.29 bits per heavy atom. The van der Waals surface area contributed by atoms with Gasteiger partial charge in [-0.2, -0.15) is 0 Å². The zero-order valence-corrected chi connectivity index (χ0v) is 9.09. The molecule has 0 aromatic heterocycles. The van der Waals surface area contributed by atoms with Gasteiger partial charge in [-0.15, -0.1) is 0 Å². The van der Waals surface area contributed by atoms with Gasteiger partial charge in [0.1, 0.15) is 0 Å². The van der Waals surface area contributed by atoms with Crippen molar-refractivity contribution in [2.24, 2.45) is 0 Å². The highest BCUT2D eigenvalue weighted by atomic mass is 14.9. The van der Waals surface area contributed by atoms with E-state index in [9.17, 15) is 0 Å². The van der Waals surface area contributed by atoms with E-state index in [-0.39, 0.29) is 0 Å². The molecule has 0 spiro atoms. The predicted molar refractivity (Wildman–Crippen MR) is 60.5 cm³/mol. The van der Waals surface area contributed by atoms with E-state index in [1.165, 1.54) is 24.8 Å². The topological polar surface area (TPSA) is 12.0 Å². The normalized spacial score (nSPS) is 32.0. The number of hydrogen-bond donors (Lipinski definition) is 1. The monoisotopic (exact) mass is 189 g/mol. The first kappa shape index (κ1) is 9.72. The second kappa shape index (κ2) is 3.74. The van der Waals surface area contributed by atoms with Crippen LogP contribution in [0.3, 0.4) is 0 Å². The molecule has 2 unspecified atom stereocenters. The molecule has 1 aliphatic carbocycles. The van der Waals surface area contributed by atoms with Gasteiger partial charge in [-0.25, -0.2) is 0 Å². The molecule has 0 amide bonds. The number of nitrogens with one attached hydrogen (secondary N) is 1. The summed E-state index contributed by atoms with van der Waals surface area (Å²) >= 11 is 0. The quantitative estimate of drug-likeness (QED) is 0.754. The molecular weight excluding hydrogens is 170 g/mol. The van der Waals surface area contributed by atoms with Gasteiger partial charge in [0.15, 0.2) is 0 Å². The molecule has 1 aromatic carbocycles. The summed E-state index contributed by atoms with van der Waals surface area (Å²) in [5, 5.41) is 3.39. The smallest absolute Gasteiger partial charge is 0.00727 e. The molecule has 0 saturated heterocycles. The largest absolute Gasteiger partial charge is 0.317 e. The summed E-state index contributed by atoms with van der Waals surface area (Å²) in [5.74, 6) is 0. The minimum atomic E-state index is 0.398. The van der Waals surface area contributed by atoms with Gasteiger partial charge in [-0.05, 0) is 37.3 Å². The summed E-state index contributed by atoms with van der Waals surface area (Å²) < 4.78 is 0. The lowest BCUT2D eigenvalue weighted by molar-refractivity contribution is 0.467. The third-order valence-corrected chi connectivity index (χ3v) is 3.62. The molecule has 0 bridgehead atoms. The van der Waals surface area contributed by atoms with Crippen molar-refractivity contribution in [3.05, 3.63) is 35.9 Å². The Morgan fingerprint density at radius 2 is 2.00 bits per heavy atom. The molecule has 0 aliphatic heterocycles. The first-order valence-electron chi connectivity index (χ1n) is 5.47. The molecule has 0 radical (unpaired) electrons. The number of benzene rings is 1. The van der Waals surface area contributed by atoms with E-state index in [0.717, 1.165) is 0 Å². The minimum Gasteiger partial charge on any atom is -0.317 e. The second-order valence-corrected chi connectivity index (χ2v) is 4.66. The van der Waals surface area contributed by atoms with Crippen LogP contribution in [0.5, 0.6) is 0 Å². The lowest BCUT2D eigenvalue weighted by Gasteiger charge is -2.24. The third kappa shape index (κ3) is 1.69. The van der Waals surface area contributed by atoms with Gasteiger partial charge in [-0.1, -0.05) is 37.3 Å². The van der Waals surface area contributed by atoms with Crippen molar-refractivity contribution in [1.82, 2.24) is 5.32 Å². The summed E-state index contributed by atoms with van der Waals surface area (Å²) in [6, 6.07) is 11.6. The van der Waals surface area contributed by atoms with Gasteiger partial charge in [0.2, 0.25) is 0 Å². The first-order valence-corrected chi connectivity index (χ1v) is 5.47.